The number of alkyl halides is 3. The molecule has 2 N–H and O–H groups in total. The van der Waals surface area contributed by atoms with Crippen LogP contribution in [0.5, 0.6) is 0 Å². The maximum Gasteiger partial charge on any atom is 0.389 e. The SMILES string of the molecule is CN=C(NCCCCC(F)(F)F)NC1CCN(C(=O)C2CCCCC2)C1. The molecule has 0 aromatic rings. The molecule has 1 amide bonds. The first-order valence-electron chi connectivity index (χ1n) is 9.72. The third-order valence-corrected chi connectivity index (χ3v) is 5.20. The molecule has 0 bridgehead atoms. The van der Waals surface area contributed by atoms with Gasteiger partial charge in [-0.05, 0) is 32.1 Å². The van der Waals surface area contributed by atoms with Crippen LogP contribution in [0.4, 0.5) is 13.2 Å². The van der Waals surface area contributed by atoms with Gasteiger partial charge in [-0.1, -0.05) is 19.3 Å². The molecule has 1 saturated heterocycles. The number of carbonyl (C=O) groups is 1. The Balaban J connectivity index is 1.66. The average molecular weight is 376 g/mol. The zero-order valence-electron chi connectivity index (χ0n) is 15.6. The highest BCUT2D eigenvalue weighted by Crippen LogP contribution is 2.26. The minimum Gasteiger partial charge on any atom is -0.356 e. The van der Waals surface area contributed by atoms with Crippen molar-refractivity contribution in [2.75, 3.05) is 26.7 Å². The lowest BCUT2D eigenvalue weighted by Crippen LogP contribution is -2.45. The van der Waals surface area contributed by atoms with E-state index in [1.54, 1.807) is 7.05 Å². The maximum atomic E-state index is 12.6. The zero-order chi connectivity index (χ0) is 19.0. The summed E-state index contributed by atoms with van der Waals surface area (Å²) in [6, 6.07) is 0.143. The Morgan fingerprint density at radius 2 is 1.88 bits per heavy atom. The Kier molecular flexibility index (Phi) is 8.03. The van der Waals surface area contributed by atoms with Crippen LogP contribution in [-0.2, 0) is 4.79 Å². The molecule has 1 heterocycles. The van der Waals surface area contributed by atoms with E-state index in [0.29, 0.717) is 25.5 Å². The van der Waals surface area contributed by atoms with Crippen molar-refractivity contribution < 1.29 is 18.0 Å². The van der Waals surface area contributed by atoms with Crippen molar-refractivity contribution >= 4 is 11.9 Å². The van der Waals surface area contributed by atoms with E-state index in [1.807, 2.05) is 4.90 Å². The molecule has 0 aromatic carbocycles. The fourth-order valence-electron chi connectivity index (χ4n) is 3.73. The summed E-state index contributed by atoms with van der Waals surface area (Å²) in [5, 5.41) is 6.34. The summed E-state index contributed by atoms with van der Waals surface area (Å²) in [7, 11) is 1.64. The Morgan fingerprint density at radius 3 is 2.54 bits per heavy atom. The number of hydrogen-bond donors (Lipinski definition) is 2. The van der Waals surface area contributed by atoms with Crippen LogP contribution >= 0.6 is 0 Å². The van der Waals surface area contributed by atoms with Gasteiger partial charge in [-0.3, -0.25) is 9.79 Å². The van der Waals surface area contributed by atoms with Gasteiger partial charge in [-0.2, -0.15) is 13.2 Å². The second-order valence-electron chi connectivity index (χ2n) is 7.32. The number of nitrogens with one attached hydrogen (secondary N) is 2. The number of carbonyl (C=O) groups excluding carboxylic acids is 1. The highest BCUT2D eigenvalue weighted by molar-refractivity contribution is 5.81. The summed E-state index contributed by atoms with van der Waals surface area (Å²) >= 11 is 0. The normalized spacial score (nSPS) is 22.5. The third kappa shape index (κ3) is 7.03. The highest BCUT2D eigenvalue weighted by atomic mass is 19.4. The number of unbranched alkanes of at least 4 members (excludes halogenated alkanes) is 1. The number of halogens is 3. The Bertz CT molecular complexity index is 476. The molecule has 2 rings (SSSR count). The van der Waals surface area contributed by atoms with Gasteiger partial charge >= 0.3 is 6.18 Å². The van der Waals surface area contributed by atoms with Gasteiger partial charge in [0.25, 0.3) is 0 Å². The van der Waals surface area contributed by atoms with Gasteiger partial charge in [0.15, 0.2) is 5.96 Å². The minimum absolute atomic E-state index is 0.112. The molecule has 0 radical (unpaired) electrons. The molecule has 2 aliphatic rings. The van der Waals surface area contributed by atoms with Crippen molar-refractivity contribution in [1.29, 1.82) is 0 Å². The molecule has 0 spiro atoms. The summed E-state index contributed by atoms with van der Waals surface area (Å²) in [4.78, 5) is 18.7. The van der Waals surface area contributed by atoms with Crippen LogP contribution in [0.15, 0.2) is 4.99 Å². The largest absolute Gasteiger partial charge is 0.389 e. The molecule has 26 heavy (non-hydrogen) atoms. The molecule has 8 heteroatoms. The number of aliphatic imine (C=N–C) groups is 1. The van der Waals surface area contributed by atoms with Crippen molar-refractivity contribution in [3.8, 4) is 0 Å². The van der Waals surface area contributed by atoms with Crippen LogP contribution in [0.2, 0.25) is 0 Å². The second-order valence-corrected chi connectivity index (χ2v) is 7.32. The quantitative estimate of drug-likeness (QED) is 0.426. The first-order valence-corrected chi connectivity index (χ1v) is 9.72. The first kappa shape index (κ1) is 20.8. The number of rotatable bonds is 6. The molecule has 1 unspecified atom stereocenters. The van der Waals surface area contributed by atoms with E-state index in [9.17, 15) is 18.0 Å². The lowest BCUT2D eigenvalue weighted by atomic mass is 9.88. The predicted molar refractivity (Wildman–Crippen MR) is 96.0 cm³/mol. The van der Waals surface area contributed by atoms with Gasteiger partial charge < -0.3 is 15.5 Å². The standard InChI is InChI=1S/C18H31F3N4O/c1-22-17(23-11-6-5-10-18(19,20)21)24-15-9-12-25(13-15)16(26)14-7-3-2-4-8-14/h14-15H,2-13H2,1H3,(H2,22,23,24). The molecular formula is C18H31F3N4O. The molecule has 1 aliphatic carbocycles. The first-order chi connectivity index (χ1) is 12.4. The summed E-state index contributed by atoms with van der Waals surface area (Å²) < 4.78 is 36.4. The summed E-state index contributed by atoms with van der Waals surface area (Å²) in [5.74, 6) is 1.06. The van der Waals surface area contributed by atoms with E-state index in [-0.39, 0.29) is 24.3 Å². The molecular weight excluding hydrogens is 345 g/mol. The molecule has 5 nitrogen and oxygen atoms in total. The maximum absolute atomic E-state index is 12.6. The predicted octanol–water partition coefficient (Wildman–Crippen LogP) is 3.07. The number of amides is 1. The Labute approximate surface area is 153 Å². The van der Waals surface area contributed by atoms with Gasteiger partial charge in [0, 0.05) is 45.1 Å². The summed E-state index contributed by atoms with van der Waals surface area (Å²) in [6.45, 7) is 1.88. The monoisotopic (exact) mass is 376 g/mol. The minimum atomic E-state index is -4.09. The van der Waals surface area contributed by atoms with E-state index < -0.39 is 12.6 Å². The average Bonchev–Trinajstić information content (AvgIpc) is 3.08. The van der Waals surface area contributed by atoms with Gasteiger partial charge in [-0.15, -0.1) is 0 Å². The molecule has 1 atom stereocenters. The van der Waals surface area contributed by atoms with E-state index in [2.05, 4.69) is 15.6 Å². The van der Waals surface area contributed by atoms with Crippen LogP contribution in [0.1, 0.15) is 57.8 Å². The zero-order valence-corrected chi connectivity index (χ0v) is 15.6. The van der Waals surface area contributed by atoms with Crippen LogP contribution in [0.25, 0.3) is 0 Å². The van der Waals surface area contributed by atoms with Crippen LogP contribution in [0.3, 0.4) is 0 Å². The number of hydrogen-bond acceptors (Lipinski definition) is 2. The Hall–Kier alpha value is -1.47. The highest BCUT2D eigenvalue weighted by Gasteiger charge is 2.31. The summed E-state index contributed by atoms with van der Waals surface area (Å²) in [6.07, 6.45) is 2.14. The topological polar surface area (TPSA) is 56.7 Å². The lowest BCUT2D eigenvalue weighted by Gasteiger charge is -2.26. The fraction of sp³-hybridized carbons (Fsp3) is 0.889. The number of guanidine groups is 1. The van der Waals surface area contributed by atoms with Crippen molar-refractivity contribution in [3.05, 3.63) is 0 Å². The van der Waals surface area contributed by atoms with Gasteiger partial charge in [-0.25, -0.2) is 0 Å². The van der Waals surface area contributed by atoms with Crippen LogP contribution < -0.4 is 10.6 Å². The van der Waals surface area contributed by atoms with E-state index >= 15 is 0 Å². The van der Waals surface area contributed by atoms with Gasteiger partial charge in [0.1, 0.15) is 0 Å². The molecule has 1 saturated carbocycles. The van der Waals surface area contributed by atoms with Gasteiger partial charge in [0.05, 0.1) is 0 Å². The van der Waals surface area contributed by atoms with E-state index in [1.165, 1.54) is 6.42 Å². The smallest absolute Gasteiger partial charge is 0.356 e. The number of nitrogens with zero attached hydrogens (tertiary/aromatic N) is 2. The summed E-state index contributed by atoms with van der Waals surface area (Å²) in [5.41, 5.74) is 0. The van der Waals surface area contributed by atoms with E-state index in [4.69, 9.17) is 0 Å². The van der Waals surface area contributed by atoms with Crippen LogP contribution in [0, 0.1) is 5.92 Å². The fourth-order valence-corrected chi connectivity index (χ4v) is 3.73. The van der Waals surface area contributed by atoms with Crippen molar-refractivity contribution in [2.24, 2.45) is 10.9 Å². The molecule has 150 valence electrons. The molecule has 1 aliphatic heterocycles. The van der Waals surface area contributed by atoms with Crippen LogP contribution in [-0.4, -0.2) is 55.7 Å². The molecule has 2 fully saturated rings. The van der Waals surface area contributed by atoms with Crippen molar-refractivity contribution in [3.63, 3.8) is 0 Å². The van der Waals surface area contributed by atoms with Gasteiger partial charge in [0.2, 0.25) is 5.91 Å². The number of likely N-dealkylation sites (tertiary alicyclic amines) is 1. The third-order valence-electron chi connectivity index (χ3n) is 5.20. The Morgan fingerprint density at radius 1 is 1.15 bits per heavy atom. The van der Waals surface area contributed by atoms with E-state index in [0.717, 1.165) is 38.6 Å². The molecule has 0 aromatic heterocycles. The van der Waals surface area contributed by atoms with Crippen molar-refractivity contribution in [2.45, 2.75) is 70.0 Å². The second kappa shape index (κ2) is 10.0. The van der Waals surface area contributed by atoms with Crippen molar-refractivity contribution in [1.82, 2.24) is 15.5 Å². The lowest BCUT2D eigenvalue weighted by molar-refractivity contribution is -0.136.